The monoisotopic (exact) mass is 260 g/mol. The largest absolute Gasteiger partial charge is 0.418 e. The molecule has 0 aromatic heterocycles. The number of anilines is 1. The van der Waals surface area contributed by atoms with Gasteiger partial charge in [0, 0.05) is 12.8 Å². The summed E-state index contributed by atoms with van der Waals surface area (Å²) in [6.45, 7) is 1.80. The lowest BCUT2D eigenvalue weighted by molar-refractivity contribution is -0.136. The Balaban J connectivity index is 3.17. The number of nitrogens with one attached hydrogen (secondary N) is 1. The Labute approximate surface area is 103 Å². The molecule has 3 nitrogen and oxygen atoms in total. The summed E-state index contributed by atoms with van der Waals surface area (Å²) in [5.74, 6) is 0. The van der Waals surface area contributed by atoms with Gasteiger partial charge in [0.2, 0.25) is 0 Å². The topological polar surface area (TPSA) is 59.1 Å². The second-order valence-electron chi connectivity index (χ2n) is 3.85. The lowest BCUT2D eigenvalue weighted by Gasteiger charge is -2.17. The molecule has 0 spiro atoms. The molecule has 0 saturated carbocycles. The van der Waals surface area contributed by atoms with Crippen LogP contribution in [0.1, 0.15) is 24.5 Å². The fraction of sp³-hybridized carbons (Fsp3) is 0.417. The molecule has 0 amide bonds. The van der Waals surface area contributed by atoms with Crippen LogP contribution in [0.25, 0.3) is 0 Å². The van der Waals surface area contributed by atoms with Crippen molar-refractivity contribution in [3.8, 4) is 0 Å². The average molecular weight is 260 g/mol. The molecule has 0 aliphatic heterocycles. The van der Waals surface area contributed by atoms with E-state index in [1.165, 1.54) is 13.2 Å². The molecular formula is C12H15F3N2O. The van der Waals surface area contributed by atoms with Crippen LogP contribution in [0.3, 0.4) is 0 Å². The molecule has 3 N–H and O–H groups in total. The van der Waals surface area contributed by atoms with Gasteiger partial charge >= 0.3 is 6.18 Å². The van der Waals surface area contributed by atoms with Gasteiger partial charge < -0.3 is 15.9 Å². The average Bonchev–Trinajstić information content (AvgIpc) is 2.29. The van der Waals surface area contributed by atoms with Gasteiger partial charge in [-0.05, 0) is 24.1 Å². The Bertz CT molecular complexity index is 439. The first-order chi connectivity index (χ1) is 8.31. The minimum absolute atomic E-state index is 0.0190. The van der Waals surface area contributed by atoms with E-state index in [1.807, 2.05) is 0 Å². The smallest absolute Gasteiger partial charge is 0.398 e. The number of nitrogen functional groups attached to an aromatic ring is 1. The predicted octanol–water partition coefficient (Wildman–Crippen LogP) is 3.08. The first-order valence-electron chi connectivity index (χ1n) is 5.39. The molecule has 1 aromatic rings. The standard InChI is InChI=1S/C12H15F3N2O/c1-3-10(18-2)11(17)7-4-5-9(16)8(6-7)12(13,14)15/h4-6,10,17H,3,16H2,1-2H3/t10-/m0/s1. The van der Waals surface area contributed by atoms with Crippen LogP contribution in [0.4, 0.5) is 18.9 Å². The number of methoxy groups -OCH3 is 1. The zero-order valence-electron chi connectivity index (χ0n) is 10.1. The highest BCUT2D eigenvalue weighted by Gasteiger charge is 2.33. The van der Waals surface area contributed by atoms with Crippen LogP contribution < -0.4 is 5.73 Å². The van der Waals surface area contributed by atoms with E-state index in [-0.39, 0.29) is 17.0 Å². The number of benzene rings is 1. The predicted molar refractivity (Wildman–Crippen MR) is 63.8 cm³/mol. The van der Waals surface area contributed by atoms with Gasteiger partial charge in [0.15, 0.2) is 0 Å². The molecule has 100 valence electrons. The maximum atomic E-state index is 12.7. The van der Waals surface area contributed by atoms with Crippen molar-refractivity contribution in [2.45, 2.75) is 25.6 Å². The molecule has 0 unspecified atom stereocenters. The van der Waals surface area contributed by atoms with Crippen molar-refractivity contribution in [2.24, 2.45) is 0 Å². The van der Waals surface area contributed by atoms with Gasteiger partial charge in [0.05, 0.1) is 17.4 Å². The van der Waals surface area contributed by atoms with Crippen molar-refractivity contribution in [1.29, 1.82) is 5.41 Å². The zero-order valence-corrected chi connectivity index (χ0v) is 10.1. The molecule has 6 heteroatoms. The number of ether oxygens (including phenoxy) is 1. The van der Waals surface area contributed by atoms with Crippen LogP contribution >= 0.6 is 0 Å². The van der Waals surface area contributed by atoms with Crippen LogP contribution in [0, 0.1) is 5.41 Å². The first kappa shape index (κ1) is 14.5. The van der Waals surface area contributed by atoms with Crippen molar-refractivity contribution in [1.82, 2.24) is 0 Å². The fourth-order valence-electron chi connectivity index (χ4n) is 1.64. The third-order valence-corrected chi connectivity index (χ3v) is 2.65. The molecule has 18 heavy (non-hydrogen) atoms. The summed E-state index contributed by atoms with van der Waals surface area (Å²) in [7, 11) is 1.42. The van der Waals surface area contributed by atoms with Crippen LogP contribution in [0.2, 0.25) is 0 Å². The molecule has 0 aliphatic rings. The lowest BCUT2D eigenvalue weighted by atomic mass is 10.00. The summed E-state index contributed by atoms with van der Waals surface area (Å²) in [5.41, 5.74) is 4.22. The van der Waals surface area contributed by atoms with Gasteiger partial charge in [-0.1, -0.05) is 13.0 Å². The van der Waals surface area contributed by atoms with Crippen molar-refractivity contribution in [3.05, 3.63) is 29.3 Å². The number of hydrogen-bond acceptors (Lipinski definition) is 3. The zero-order chi connectivity index (χ0) is 13.9. The summed E-state index contributed by atoms with van der Waals surface area (Å²) in [5, 5.41) is 7.83. The van der Waals surface area contributed by atoms with E-state index in [2.05, 4.69) is 0 Å². The Morgan fingerprint density at radius 2 is 2.06 bits per heavy atom. The molecule has 0 bridgehead atoms. The molecule has 0 saturated heterocycles. The van der Waals surface area contributed by atoms with Gasteiger partial charge in [-0.15, -0.1) is 0 Å². The molecule has 1 atom stereocenters. The minimum Gasteiger partial charge on any atom is -0.398 e. The third kappa shape index (κ3) is 3.01. The van der Waals surface area contributed by atoms with E-state index in [0.717, 1.165) is 12.1 Å². The summed E-state index contributed by atoms with van der Waals surface area (Å²) in [6, 6.07) is 3.45. The maximum Gasteiger partial charge on any atom is 0.418 e. The quantitative estimate of drug-likeness (QED) is 0.645. The van der Waals surface area contributed by atoms with E-state index < -0.39 is 17.8 Å². The minimum atomic E-state index is -4.52. The second-order valence-corrected chi connectivity index (χ2v) is 3.85. The number of alkyl halides is 3. The Morgan fingerprint density at radius 1 is 1.44 bits per heavy atom. The Morgan fingerprint density at radius 3 is 2.50 bits per heavy atom. The van der Waals surface area contributed by atoms with Gasteiger partial charge in [0.1, 0.15) is 0 Å². The summed E-state index contributed by atoms with van der Waals surface area (Å²) < 4.78 is 43.1. The highest BCUT2D eigenvalue weighted by molar-refractivity contribution is 6.02. The Kier molecular flexibility index (Phi) is 4.34. The van der Waals surface area contributed by atoms with Gasteiger partial charge in [-0.25, -0.2) is 0 Å². The van der Waals surface area contributed by atoms with Crippen LogP contribution in [0.15, 0.2) is 18.2 Å². The van der Waals surface area contributed by atoms with E-state index in [9.17, 15) is 13.2 Å². The van der Waals surface area contributed by atoms with E-state index in [4.69, 9.17) is 15.9 Å². The summed E-state index contributed by atoms with van der Waals surface area (Å²) >= 11 is 0. The lowest BCUT2D eigenvalue weighted by Crippen LogP contribution is -2.23. The fourth-order valence-corrected chi connectivity index (χ4v) is 1.64. The second kappa shape index (κ2) is 5.39. The first-order valence-corrected chi connectivity index (χ1v) is 5.39. The Hall–Kier alpha value is -1.56. The highest BCUT2D eigenvalue weighted by Crippen LogP contribution is 2.34. The SMILES string of the molecule is CC[C@H](OC)C(=N)c1ccc(N)c(C(F)(F)F)c1. The number of halogens is 3. The molecule has 0 heterocycles. The molecule has 0 aliphatic carbocycles. The van der Waals surface area contributed by atoms with Crippen molar-refractivity contribution < 1.29 is 17.9 Å². The number of nitrogens with two attached hydrogens (primary N) is 1. The van der Waals surface area contributed by atoms with Crippen LogP contribution in [-0.2, 0) is 10.9 Å². The van der Waals surface area contributed by atoms with Crippen LogP contribution in [-0.4, -0.2) is 18.9 Å². The van der Waals surface area contributed by atoms with Gasteiger partial charge in [-0.2, -0.15) is 13.2 Å². The number of rotatable bonds is 4. The third-order valence-electron chi connectivity index (χ3n) is 2.65. The van der Waals surface area contributed by atoms with Crippen molar-refractivity contribution in [2.75, 3.05) is 12.8 Å². The molecule has 0 radical (unpaired) electrons. The van der Waals surface area contributed by atoms with Crippen molar-refractivity contribution >= 4 is 11.4 Å². The van der Waals surface area contributed by atoms with E-state index in [1.54, 1.807) is 6.92 Å². The number of hydrogen-bond donors (Lipinski definition) is 2. The molecular weight excluding hydrogens is 245 g/mol. The van der Waals surface area contributed by atoms with E-state index in [0.29, 0.717) is 6.42 Å². The normalized spacial score (nSPS) is 13.4. The maximum absolute atomic E-state index is 12.7. The summed E-state index contributed by atoms with van der Waals surface area (Å²) in [4.78, 5) is 0. The molecule has 1 rings (SSSR count). The van der Waals surface area contributed by atoms with E-state index >= 15 is 0 Å². The molecule has 1 aromatic carbocycles. The summed E-state index contributed by atoms with van der Waals surface area (Å²) in [6.07, 6.45) is -4.52. The van der Waals surface area contributed by atoms with Gasteiger partial charge in [-0.3, -0.25) is 0 Å². The highest BCUT2D eigenvalue weighted by atomic mass is 19.4. The van der Waals surface area contributed by atoms with Gasteiger partial charge in [0.25, 0.3) is 0 Å². The molecule has 0 fully saturated rings. The van der Waals surface area contributed by atoms with Crippen molar-refractivity contribution in [3.63, 3.8) is 0 Å². The van der Waals surface area contributed by atoms with Crippen LogP contribution in [0.5, 0.6) is 0 Å².